The molecule has 2 atom stereocenters. The molecule has 3 aromatic carbocycles. The number of aryl methyl sites for hydroxylation is 1. The number of nitrogens with one attached hydrogen (secondary N) is 1. The number of phenols is 1. The lowest BCUT2D eigenvalue weighted by atomic mass is 9.79. The van der Waals surface area contributed by atoms with Gasteiger partial charge in [0.2, 0.25) is 12.3 Å². The molecule has 2 fully saturated rings. The quantitative estimate of drug-likeness (QED) is 0.252. The number of piperidine rings is 2. The van der Waals surface area contributed by atoms with Gasteiger partial charge in [0.05, 0.1) is 0 Å². The van der Waals surface area contributed by atoms with E-state index in [4.69, 9.17) is 0 Å². The number of phenolic OH excluding ortho intramolecular Hbond substituents is 1. The Morgan fingerprint density at radius 1 is 0.885 bits per heavy atom. The molecule has 4 aliphatic heterocycles. The van der Waals surface area contributed by atoms with Crippen LogP contribution >= 0.6 is 0 Å². The van der Waals surface area contributed by atoms with Gasteiger partial charge in [-0.1, -0.05) is 24.3 Å². The van der Waals surface area contributed by atoms with Crippen molar-refractivity contribution in [3.8, 4) is 5.75 Å². The summed E-state index contributed by atoms with van der Waals surface area (Å²) in [5.41, 5.74) is 9.97. The molecule has 8 rings (SSSR count). The number of anilines is 1. The second-order valence-electron chi connectivity index (χ2n) is 16.1. The number of carbonyl (C=O) groups is 3. The number of hydrogen-bond donors (Lipinski definition) is 2. The minimum absolute atomic E-state index is 0.0564. The van der Waals surface area contributed by atoms with Crippen molar-refractivity contribution < 1.29 is 19.5 Å². The van der Waals surface area contributed by atoms with Gasteiger partial charge in [-0.3, -0.25) is 24.6 Å². The molecule has 2 N–H and O–H groups in total. The molecule has 9 nitrogen and oxygen atoms in total. The van der Waals surface area contributed by atoms with Gasteiger partial charge >= 0.3 is 0 Å². The van der Waals surface area contributed by atoms with E-state index in [0.29, 0.717) is 37.1 Å². The molecule has 2 saturated heterocycles. The highest BCUT2D eigenvalue weighted by molar-refractivity contribution is 5.99. The average molecular weight is 704 g/mol. The van der Waals surface area contributed by atoms with Crippen molar-refractivity contribution in [3.63, 3.8) is 0 Å². The van der Waals surface area contributed by atoms with E-state index < -0.39 is 0 Å². The maximum Gasteiger partial charge on any atom is 0.254 e. The second-order valence-corrected chi connectivity index (χ2v) is 16.1. The fourth-order valence-corrected chi connectivity index (χ4v) is 9.79. The van der Waals surface area contributed by atoms with Crippen LogP contribution in [0, 0.1) is 5.92 Å². The summed E-state index contributed by atoms with van der Waals surface area (Å²) in [5, 5.41) is 12.1. The van der Waals surface area contributed by atoms with E-state index in [1.165, 1.54) is 78.6 Å². The zero-order chi connectivity index (χ0) is 35.8. The Bertz CT molecular complexity index is 1790. The fourth-order valence-electron chi connectivity index (χ4n) is 9.79. The third-order valence-electron chi connectivity index (χ3n) is 12.9. The summed E-state index contributed by atoms with van der Waals surface area (Å²) in [6, 6.07) is 20.2. The lowest BCUT2D eigenvalue weighted by Crippen LogP contribution is -2.45. The number of fused-ring (bicyclic) bond motifs is 3. The molecule has 9 heteroatoms. The monoisotopic (exact) mass is 703 g/mol. The highest BCUT2D eigenvalue weighted by Crippen LogP contribution is 2.39. The first-order valence-corrected chi connectivity index (χ1v) is 19.6. The standard InChI is InChI=1S/C43H53N5O4/c1-29(5-12-42(51)44-28-49)48-27-35-21-33-25-47(26-34(33)23-41(35)43(48)52)37-15-17-45(18-16-37)24-30-13-19-46(20-14-30)36-8-6-31(7-9-36)39-4-2-3-32-22-38(50)10-11-40(32)39/h6-11,21-23,28-30,37,39,50H,2-5,12-20,24-27H2,1H3,(H,44,49,51)/t29?,39-/m1/s1. The van der Waals surface area contributed by atoms with E-state index in [2.05, 4.69) is 62.5 Å². The maximum atomic E-state index is 13.3. The highest BCUT2D eigenvalue weighted by Gasteiger charge is 2.36. The van der Waals surface area contributed by atoms with Gasteiger partial charge in [0.15, 0.2) is 0 Å². The largest absolute Gasteiger partial charge is 0.508 e. The Morgan fingerprint density at radius 3 is 2.38 bits per heavy atom. The summed E-state index contributed by atoms with van der Waals surface area (Å²) in [4.78, 5) is 45.4. The number of hydrogen-bond acceptors (Lipinski definition) is 7. The first kappa shape index (κ1) is 34.9. The van der Waals surface area contributed by atoms with Crippen LogP contribution in [0.5, 0.6) is 5.75 Å². The van der Waals surface area contributed by atoms with Crippen molar-refractivity contribution in [2.24, 2.45) is 5.92 Å². The van der Waals surface area contributed by atoms with Crippen LogP contribution in [-0.2, 0) is 35.6 Å². The Kier molecular flexibility index (Phi) is 10.1. The third-order valence-corrected chi connectivity index (χ3v) is 12.9. The maximum absolute atomic E-state index is 13.3. The highest BCUT2D eigenvalue weighted by atomic mass is 16.3. The molecule has 5 aliphatic rings. The lowest BCUT2D eigenvalue weighted by molar-refractivity contribution is -0.125. The molecule has 0 aromatic heterocycles. The van der Waals surface area contributed by atoms with Crippen molar-refractivity contribution >= 4 is 23.9 Å². The van der Waals surface area contributed by atoms with E-state index in [-0.39, 0.29) is 24.3 Å². The van der Waals surface area contributed by atoms with Gasteiger partial charge in [-0.2, -0.15) is 0 Å². The number of imide groups is 1. The van der Waals surface area contributed by atoms with E-state index >= 15 is 0 Å². The van der Waals surface area contributed by atoms with Crippen LogP contribution in [0.4, 0.5) is 5.69 Å². The van der Waals surface area contributed by atoms with Crippen LogP contribution in [0.25, 0.3) is 0 Å². The number of amides is 3. The minimum Gasteiger partial charge on any atom is -0.508 e. The summed E-state index contributed by atoms with van der Waals surface area (Å²) in [6.45, 7) is 10.2. The van der Waals surface area contributed by atoms with Crippen LogP contribution < -0.4 is 10.2 Å². The zero-order valence-electron chi connectivity index (χ0n) is 30.6. The predicted molar refractivity (Wildman–Crippen MR) is 202 cm³/mol. The number of benzene rings is 3. The van der Waals surface area contributed by atoms with Crippen molar-refractivity contribution in [1.82, 2.24) is 20.0 Å². The summed E-state index contributed by atoms with van der Waals surface area (Å²) < 4.78 is 0. The molecule has 3 amide bonds. The van der Waals surface area contributed by atoms with Crippen LogP contribution in [0.3, 0.4) is 0 Å². The Labute approximate surface area is 308 Å². The Balaban J connectivity index is 0.778. The van der Waals surface area contributed by atoms with E-state index in [1.54, 1.807) is 0 Å². The van der Waals surface area contributed by atoms with Gasteiger partial charge in [-0.15, -0.1) is 0 Å². The number of rotatable bonds is 10. The molecular weight excluding hydrogens is 651 g/mol. The molecule has 0 spiro atoms. The number of carbonyl (C=O) groups excluding carboxylic acids is 3. The SMILES string of the molecule is CC(CCC(=O)NC=O)N1Cc2cc3c(cc2C1=O)CN(C1CCN(CC2CCN(c4ccc([C@H]5CCCc6cc(O)ccc65)cc4)CC2)CC1)C3. The van der Waals surface area contributed by atoms with Crippen LogP contribution in [-0.4, -0.2) is 82.8 Å². The Hall–Kier alpha value is -4.21. The third kappa shape index (κ3) is 7.22. The summed E-state index contributed by atoms with van der Waals surface area (Å²) in [5.74, 6) is 1.31. The fraction of sp³-hybridized carbons (Fsp3) is 0.512. The summed E-state index contributed by atoms with van der Waals surface area (Å²) in [6.07, 6.45) is 9.47. The van der Waals surface area contributed by atoms with Gasteiger partial charge in [-0.25, -0.2) is 0 Å². The molecule has 274 valence electrons. The molecule has 4 heterocycles. The predicted octanol–water partition coefficient (Wildman–Crippen LogP) is 5.95. The lowest BCUT2D eigenvalue weighted by Gasteiger charge is -2.40. The first-order chi connectivity index (χ1) is 25.3. The minimum atomic E-state index is -0.305. The molecule has 3 aromatic rings. The van der Waals surface area contributed by atoms with Crippen LogP contribution in [0.15, 0.2) is 54.6 Å². The zero-order valence-corrected chi connectivity index (χ0v) is 30.6. The van der Waals surface area contributed by atoms with Gasteiger partial charge in [0.25, 0.3) is 5.91 Å². The van der Waals surface area contributed by atoms with Gasteiger partial charge in [0.1, 0.15) is 5.75 Å². The van der Waals surface area contributed by atoms with Crippen molar-refractivity contribution in [1.29, 1.82) is 0 Å². The molecular formula is C43H53N5O4. The first-order valence-electron chi connectivity index (χ1n) is 19.6. The van der Waals surface area contributed by atoms with Gasteiger partial charge in [0, 0.05) is 74.9 Å². The van der Waals surface area contributed by atoms with Crippen molar-refractivity contribution in [2.75, 3.05) is 37.6 Å². The summed E-state index contributed by atoms with van der Waals surface area (Å²) in [7, 11) is 0. The van der Waals surface area contributed by atoms with Crippen LogP contribution in [0.2, 0.25) is 0 Å². The molecule has 0 saturated carbocycles. The number of likely N-dealkylation sites (tertiary alicyclic amines) is 1. The van der Waals surface area contributed by atoms with Gasteiger partial charge in [-0.05, 0) is 141 Å². The summed E-state index contributed by atoms with van der Waals surface area (Å²) >= 11 is 0. The van der Waals surface area contributed by atoms with Gasteiger partial charge < -0.3 is 19.8 Å². The normalized spacial score (nSPS) is 21.9. The van der Waals surface area contributed by atoms with E-state index in [9.17, 15) is 19.5 Å². The smallest absolute Gasteiger partial charge is 0.254 e. The topological polar surface area (TPSA) is 96.4 Å². The van der Waals surface area contributed by atoms with Crippen molar-refractivity contribution in [2.45, 2.75) is 102 Å². The van der Waals surface area contributed by atoms with Crippen LogP contribution in [0.1, 0.15) is 108 Å². The second kappa shape index (κ2) is 15.0. The molecule has 52 heavy (non-hydrogen) atoms. The number of nitrogens with zero attached hydrogens (tertiary/aromatic N) is 4. The average Bonchev–Trinajstić information content (AvgIpc) is 3.73. The molecule has 0 radical (unpaired) electrons. The number of aromatic hydroxyl groups is 1. The molecule has 1 aliphatic carbocycles. The Morgan fingerprint density at radius 2 is 1.63 bits per heavy atom. The molecule has 0 bridgehead atoms. The van der Waals surface area contributed by atoms with E-state index in [0.717, 1.165) is 62.7 Å². The van der Waals surface area contributed by atoms with Crippen molar-refractivity contribution in [3.05, 3.63) is 93.5 Å². The molecule has 1 unspecified atom stereocenters. The van der Waals surface area contributed by atoms with E-state index in [1.807, 2.05) is 24.0 Å².